The molecule has 0 spiro atoms. The SMILES string of the molecule is O=S(=O)(c1cc(Br)cnc1Cl)N1CCCCO1. The predicted octanol–water partition coefficient (Wildman–Crippen LogP) is 2.21. The molecule has 0 aromatic carbocycles. The number of rotatable bonds is 2. The van der Waals surface area contributed by atoms with Crippen LogP contribution in [0, 0.1) is 0 Å². The van der Waals surface area contributed by atoms with Crippen LogP contribution in [0.2, 0.25) is 5.15 Å². The van der Waals surface area contributed by atoms with E-state index >= 15 is 0 Å². The van der Waals surface area contributed by atoms with E-state index in [1.54, 1.807) is 0 Å². The van der Waals surface area contributed by atoms with Crippen molar-refractivity contribution < 1.29 is 13.3 Å². The van der Waals surface area contributed by atoms with Gasteiger partial charge in [-0.2, -0.15) is 0 Å². The Balaban J connectivity index is 2.40. The highest BCUT2D eigenvalue weighted by Gasteiger charge is 2.30. The van der Waals surface area contributed by atoms with Crippen LogP contribution in [0.15, 0.2) is 21.6 Å². The number of hydroxylamine groups is 1. The summed E-state index contributed by atoms with van der Waals surface area (Å²) in [7, 11) is -3.73. The van der Waals surface area contributed by atoms with Crippen LogP contribution in [-0.2, 0) is 14.9 Å². The number of sulfonamides is 1. The third kappa shape index (κ3) is 2.79. The highest BCUT2D eigenvalue weighted by Crippen LogP contribution is 2.27. The standard InChI is InChI=1S/C9H10BrClN2O3S/c10-7-5-8(9(11)12-6-7)17(14,15)13-3-1-2-4-16-13/h5-6H,1-4H2. The molecule has 2 heterocycles. The van der Waals surface area contributed by atoms with Gasteiger partial charge in [0.15, 0.2) is 0 Å². The van der Waals surface area contributed by atoms with Crippen LogP contribution < -0.4 is 0 Å². The molecular formula is C9H10BrClN2O3S. The van der Waals surface area contributed by atoms with E-state index in [1.807, 2.05) is 0 Å². The average molecular weight is 342 g/mol. The van der Waals surface area contributed by atoms with Crippen molar-refractivity contribution in [1.82, 2.24) is 9.45 Å². The number of aromatic nitrogens is 1. The monoisotopic (exact) mass is 340 g/mol. The second kappa shape index (κ2) is 5.19. The van der Waals surface area contributed by atoms with Gasteiger partial charge >= 0.3 is 0 Å². The van der Waals surface area contributed by atoms with Gasteiger partial charge in [-0.1, -0.05) is 16.1 Å². The van der Waals surface area contributed by atoms with Crippen LogP contribution in [0.4, 0.5) is 0 Å². The van der Waals surface area contributed by atoms with E-state index in [9.17, 15) is 8.42 Å². The molecule has 2 rings (SSSR count). The molecule has 0 aliphatic carbocycles. The van der Waals surface area contributed by atoms with E-state index in [-0.39, 0.29) is 10.0 Å². The van der Waals surface area contributed by atoms with Crippen molar-refractivity contribution in [1.29, 1.82) is 0 Å². The van der Waals surface area contributed by atoms with Gasteiger partial charge in [0.1, 0.15) is 10.0 Å². The topological polar surface area (TPSA) is 59.5 Å². The molecule has 0 saturated carbocycles. The van der Waals surface area contributed by atoms with Crippen molar-refractivity contribution in [3.8, 4) is 0 Å². The summed E-state index contributed by atoms with van der Waals surface area (Å²) in [5.41, 5.74) is 0. The Morgan fingerprint density at radius 2 is 2.24 bits per heavy atom. The number of hydrogen-bond acceptors (Lipinski definition) is 4. The first-order chi connectivity index (χ1) is 8.01. The molecular weight excluding hydrogens is 332 g/mol. The Kier molecular flexibility index (Phi) is 4.04. The smallest absolute Gasteiger partial charge is 0.268 e. The molecule has 1 aromatic rings. The molecule has 0 bridgehead atoms. The minimum absolute atomic E-state index is 0.0459. The summed E-state index contributed by atoms with van der Waals surface area (Å²) in [5, 5.41) is -0.0534. The van der Waals surface area contributed by atoms with Crippen molar-refractivity contribution >= 4 is 37.6 Å². The van der Waals surface area contributed by atoms with E-state index in [0.29, 0.717) is 17.6 Å². The van der Waals surface area contributed by atoms with Crippen molar-refractivity contribution in [2.75, 3.05) is 13.2 Å². The Morgan fingerprint density at radius 3 is 2.88 bits per heavy atom. The largest absolute Gasteiger partial charge is 0.284 e. The van der Waals surface area contributed by atoms with Crippen LogP contribution in [0.1, 0.15) is 12.8 Å². The molecule has 1 aliphatic heterocycles. The predicted molar refractivity (Wildman–Crippen MR) is 66.0 cm³/mol. The maximum atomic E-state index is 12.2. The lowest BCUT2D eigenvalue weighted by Gasteiger charge is -2.25. The molecule has 0 amide bonds. The van der Waals surface area contributed by atoms with Gasteiger partial charge in [0.05, 0.1) is 6.61 Å². The summed E-state index contributed by atoms with van der Waals surface area (Å²) in [6.45, 7) is 0.740. The lowest BCUT2D eigenvalue weighted by molar-refractivity contribution is -0.108. The van der Waals surface area contributed by atoms with Gasteiger partial charge in [-0.15, -0.1) is 0 Å². The Hall–Kier alpha value is -0.210. The number of halogens is 2. The molecule has 5 nitrogen and oxygen atoms in total. The van der Waals surface area contributed by atoms with Gasteiger partial charge in [0.25, 0.3) is 10.0 Å². The molecule has 1 fully saturated rings. The van der Waals surface area contributed by atoms with Crippen molar-refractivity contribution in [2.24, 2.45) is 0 Å². The molecule has 17 heavy (non-hydrogen) atoms. The van der Waals surface area contributed by atoms with E-state index < -0.39 is 10.0 Å². The van der Waals surface area contributed by atoms with E-state index in [0.717, 1.165) is 17.3 Å². The molecule has 1 saturated heterocycles. The van der Waals surface area contributed by atoms with Crippen LogP contribution in [0.5, 0.6) is 0 Å². The average Bonchev–Trinajstić information content (AvgIpc) is 2.33. The zero-order valence-corrected chi connectivity index (χ0v) is 11.9. The van der Waals surface area contributed by atoms with Gasteiger partial charge in [-0.05, 0) is 34.8 Å². The van der Waals surface area contributed by atoms with E-state index in [1.165, 1.54) is 12.3 Å². The van der Waals surface area contributed by atoms with Crippen molar-refractivity contribution in [3.63, 3.8) is 0 Å². The summed E-state index contributed by atoms with van der Waals surface area (Å²) >= 11 is 8.97. The Morgan fingerprint density at radius 1 is 1.47 bits per heavy atom. The summed E-state index contributed by atoms with van der Waals surface area (Å²) in [6, 6.07) is 1.42. The first kappa shape index (κ1) is 13.2. The summed E-state index contributed by atoms with van der Waals surface area (Å²) in [4.78, 5) is 8.89. The van der Waals surface area contributed by atoms with E-state index in [2.05, 4.69) is 20.9 Å². The molecule has 0 N–H and O–H groups in total. The first-order valence-electron chi connectivity index (χ1n) is 4.98. The Labute approximate surface area is 113 Å². The number of pyridine rings is 1. The van der Waals surface area contributed by atoms with Crippen LogP contribution in [0.25, 0.3) is 0 Å². The maximum absolute atomic E-state index is 12.2. The lowest BCUT2D eigenvalue weighted by Crippen LogP contribution is -2.35. The first-order valence-corrected chi connectivity index (χ1v) is 7.59. The minimum Gasteiger partial charge on any atom is -0.284 e. The highest BCUT2D eigenvalue weighted by molar-refractivity contribution is 9.10. The zero-order valence-electron chi connectivity index (χ0n) is 8.77. The Bertz CT molecular complexity index is 517. The molecule has 0 radical (unpaired) electrons. The fraction of sp³-hybridized carbons (Fsp3) is 0.444. The van der Waals surface area contributed by atoms with Crippen LogP contribution in [-0.4, -0.2) is 31.0 Å². The van der Waals surface area contributed by atoms with E-state index in [4.69, 9.17) is 16.4 Å². The van der Waals surface area contributed by atoms with Gasteiger partial charge < -0.3 is 0 Å². The second-order valence-electron chi connectivity index (χ2n) is 3.51. The van der Waals surface area contributed by atoms with Crippen molar-refractivity contribution in [3.05, 3.63) is 21.9 Å². The third-order valence-corrected chi connectivity index (χ3v) is 4.83. The fourth-order valence-electron chi connectivity index (χ4n) is 1.46. The zero-order chi connectivity index (χ0) is 12.5. The summed E-state index contributed by atoms with van der Waals surface area (Å²) in [6.07, 6.45) is 3.08. The molecule has 1 aromatic heterocycles. The number of nitrogens with zero attached hydrogens (tertiary/aromatic N) is 2. The molecule has 1 aliphatic rings. The normalized spacial score (nSPS) is 18.2. The molecule has 0 unspecified atom stereocenters. The van der Waals surface area contributed by atoms with Gasteiger partial charge in [0.2, 0.25) is 0 Å². The van der Waals surface area contributed by atoms with Crippen LogP contribution in [0.3, 0.4) is 0 Å². The van der Waals surface area contributed by atoms with Crippen LogP contribution >= 0.6 is 27.5 Å². The molecule has 0 atom stereocenters. The summed E-state index contributed by atoms with van der Waals surface area (Å²) in [5.74, 6) is 0. The lowest BCUT2D eigenvalue weighted by atomic mass is 10.3. The minimum atomic E-state index is -3.73. The fourth-order valence-corrected chi connectivity index (χ4v) is 3.68. The molecule has 8 heteroatoms. The van der Waals surface area contributed by atoms with Gasteiger partial charge in [0, 0.05) is 17.2 Å². The maximum Gasteiger partial charge on any atom is 0.268 e. The summed E-state index contributed by atoms with van der Waals surface area (Å²) < 4.78 is 26.0. The quantitative estimate of drug-likeness (QED) is 0.774. The number of hydrogen-bond donors (Lipinski definition) is 0. The van der Waals surface area contributed by atoms with Gasteiger partial charge in [-0.25, -0.2) is 13.4 Å². The third-order valence-electron chi connectivity index (χ3n) is 2.29. The van der Waals surface area contributed by atoms with Crippen molar-refractivity contribution in [2.45, 2.75) is 17.7 Å². The highest BCUT2D eigenvalue weighted by atomic mass is 79.9. The second-order valence-corrected chi connectivity index (χ2v) is 6.59. The van der Waals surface area contributed by atoms with Gasteiger partial charge in [-0.3, -0.25) is 4.84 Å². The molecule has 94 valence electrons.